The Hall–Kier alpha value is -8.00. The van der Waals surface area contributed by atoms with Crippen LogP contribution in [0.25, 0.3) is 20.8 Å². The molecule has 0 saturated carbocycles. The standard InChI is InChI=1S/C25H19F3N4O3.C18H15BrF3N3O3.C7H6BNO2/c1-30-18-5-3-4-16(12-18)17-8-11-21-20(13-17)24(31-23(29)32(2)35-24)14-22(33-21)15-6-9-19(10-7-15)34-25(26,27)28;1-25-16(23)24-17(28-25)9-15(26-14-7-4-11(19)8-13(14)17)10-2-5-12(6-3-10)27-18(20,21)22;1-9-7-4-2-3-6(5-7)8(10)11/h3-13,22H,14H2,2H3,(H2,29,31);2-8,15H,9H2,1H3,(H2,23,24);2-5,10-11H. The molecule has 24 heteroatoms. The van der Waals surface area contributed by atoms with Crippen LogP contribution in [0, 0.1) is 13.1 Å². The van der Waals surface area contributed by atoms with E-state index in [1.54, 1.807) is 56.6 Å². The van der Waals surface area contributed by atoms with Gasteiger partial charge in [-0.05, 0) is 88.4 Å². The van der Waals surface area contributed by atoms with Crippen LogP contribution < -0.4 is 35.9 Å². The first kappa shape index (κ1) is 52.3. The Morgan fingerprint density at radius 2 is 1.08 bits per heavy atom. The van der Waals surface area contributed by atoms with E-state index in [4.69, 9.17) is 53.8 Å². The Morgan fingerprint density at radius 1 is 0.635 bits per heavy atom. The van der Waals surface area contributed by atoms with Crippen molar-refractivity contribution < 1.29 is 65.0 Å². The van der Waals surface area contributed by atoms with Crippen LogP contribution in [-0.2, 0) is 21.1 Å². The lowest BCUT2D eigenvalue weighted by molar-refractivity contribution is -0.275. The van der Waals surface area contributed by atoms with Gasteiger partial charge in [-0.2, -0.15) is 0 Å². The Morgan fingerprint density at radius 3 is 1.53 bits per heavy atom. The quantitative estimate of drug-likeness (QED) is 0.0704. The van der Waals surface area contributed by atoms with Crippen LogP contribution in [0.1, 0.15) is 47.3 Å². The van der Waals surface area contributed by atoms with Crippen molar-refractivity contribution in [3.05, 3.63) is 183 Å². The number of nitrogens with two attached hydrogens (primary N) is 2. The molecule has 10 rings (SSSR count). The lowest BCUT2D eigenvalue weighted by Gasteiger charge is -2.37. The molecule has 4 heterocycles. The summed E-state index contributed by atoms with van der Waals surface area (Å²) in [4.78, 5) is 27.8. The molecule has 0 radical (unpaired) electrons. The van der Waals surface area contributed by atoms with E-state index in [1.165, 1.54) is 64.7 Å². The molecular formula is C50H40BBrF6N8O8. The van der Waals surface area contributed by atoms with Crippen molar-refractivity contribution in [3.8, 4) is 34.1 Å². The topological polar surface area (TPSA) is 188 Å². The van der Waals surface area contributed by atoms with Crippen molar-refractivity contribution in [3.63, 3.8) is 0 Å². The number of guanidine groups is 2. The zero-order chi connectivity index (χ0) is 53.2. The van der Waals surface area contributed by atoms with E-state index in [0.717, 1.165) is 15.6 Å². The van der Waals surface area contributed by atoms with Crippen LogP contribution in [0.5, 0.6) is 23.0 Å². The Labute approximate surface area is 427 Å². The van der Waals surface area contributed by atoms with E-state index in [1.807, 2.05) is 36.4 Å². The maximum atomic E-state index is 12.5. The molecule has 6 aromatic rings. The summed E-state index contributed by atoms with van der Waals surface area (Å²) in [6.07, 6.45) is -10.1. The third-order valence-corrected chi connectivity index (χ3v) is 12.1. The SMILES string of the molecule is CN1OC2(CC(c3ccc(OC(F)(F)F)cc3)Oc3ccc(Br)cc32)N=C1N.[C-]#[N+]c1cccc(-c2ccc3c(c2)C2(CC(c4ccc(OC(F)(F)F)cc4)O3)N=C(N)N(C)O2)c1.[C-]#[N+]c1cccc(B(O)O)c1. The molecule has 74 heavy (non-hydrogen) atoms. The molecule has 0 aromatic heterocycles. The second-order valence-corrected chi connectivity index (χ2v) is 17.6. The fourth-order valence-electron chi connectivity index (χ4n) is 8.27. The summed E-state index contributed by atoms with van der Waals surface area (Å²) >= 11 is 3.43. The van der Waals surface area contributed by atoms with Crippen molar-refractivity contribution in [1.29, 1.82) is 0 Å². The molecule has 0 amide bonds. The van der Waals surface area contributed by atoms with Crippen molar-refractivity contribution in [2.24, 2.45) is 21.5 Å². The third-order valence-electron chi connectivity index (χ3n) is 11.6. The van der Waals surface area contributed by atoms with Gasteiger partial charge in [-0.1, -0.05) is 88.7 Å². The van der Waals surface area contributed by atoms with Crippen LogP contribution in [0.3, 0.4) is 0 Å². The molecule has 4 aliphatic heterocycles. The minimum Gasteiger partial charge on any atom is -0.485 e. The largest absolute Gasteiger partial charge is 0.573 e. The van der Waals surface area contributed by atoms with E-state index in [0.29, 0.717) is 57.0 Å². The zero-order valence-electron chi connectivity index (χ0n) is 38.7. The molecule has 0 saturated heterocycles. The van der Waals surface area contributed by atoms with Gasteiger partial charge < -0.3 is 40.5 Å². The fourth-order valence-corrected chi connectivity index (χ4v) is 8.63. The summed E-state index contributed by atoms with van der Waals surface area (Å²) in [6, 6.07) is 35.5. The number of hydrogen-bond acceptors (Lipinski definition) is 14. The van der Waals surface area contributed by atoms with Gasteiger partial charge in [0.05, 0.1) is 24.3 Å². The summed E-state index contributed by atoms with van der Waals surface area (Å²) in [7, 11) is 1.81. The maximum Gasteiger partial charge on any atom is 0.573 e. The lowest BCUT2D eigenvalue weighted by Crippen LogP contribution is -2.36. The van der Waals surface area contributed by atoms with Crippen LogP contribution in [0.2, 0.25) is 0 Å². The predicted molar refractivity (Wildman–Crippen MR) is 261 cm³/mol. The normalized spacial score (nSPS) is 20.4. The molecule has 4 unspecified atom stereocenters. The number of nitrogens with zero attached hydrogens (tertiary/aromatic N) is 6. The average molecular weight is 1090 g/mol. The maximum absolute atomic E-state index is 12.5. The van der Waals surface area contributed by atoms with E-state index in [-0.39, 0.29) is 29.8 Å². The molecule has 16 nitrogen and oxygen atoms in total. The smallest absolute Gasteiger partial charge is 0.485 e. The number of hydrogen-bond donors (Lipinski definition) is 4. The summed E-state index contributed by atoms with van der Waals surface area (Å²) in [6.45, 7) is 13.9. The Bertz CT molecular complexity index is 3190. The molecule has 380 valence electrons. The van der Waals surface area contributed by atoms with Gasteiger partial charge in [0.25, 0.3) is 0 Å². The van der Waals surface area contributed by atoms with E-state index in [9.17, 15) is 26.3 Å². The molecule has 4 atom stereocenters. The van der Waals surface area contributed by atoms with E-state index in [2.05, 4.69) is 45.1 Å². The van der Waals surface area contributed by atoms with Crippen LogP contribution in [-0.4, -0.2) is 66.0 Å². The molecule has 6 N–H and O–H groups in total. The van der Waals surface area contributed by atoms with E-state index < -0.39 is 43.5 Å². The Kier molecular flexibility index (Phi) is 14.7. The van der Waals surface area contributed by atoms with Gasteiger partial charge in [-0.3, -0.25) is 0 Å². The highest BCUT2D eigenvalue weighted by atomic mass is 79.9. The zero-order valence-corrected chi connectivity index (χ0v) is 40.3. The van der Waals surface area contributed by atoms with Crippen LogP contribution in [0.4, 0.5) is 37.7 Å². The average Bonchev–Trinajstić information content (AvgIpc) is 3.81. The Balaban J connectivity index is 0.000000166. The minimum atomic E-state index is -4.77. The fraction of sp³-hybridized carbons (Fsp3) is 0.200. The number of aliphatic imine (C=N–C) groups is 2. The molecule has 0 fully saturated rings. The second-order valence-electron chi connectivity index (χ2n) is 16.6. The van der Waals surface area contributed by atoms with Crippen LogP contribution >= 0.6 is 15.9 Å². The summed E-state index contributed by atoms with van der Waals surface area (Å²) in [5, 5.41) is 20.1. The summed E-state index contributed by atoms with van der Waals surface area (Å²) < 4.78 is 95.7. The van der Waals surface area contributed by atoms with Crippen molar-refractivity contribution in [2.45, 2.75) is 49.2 Å². The molecule has 4 aliphatic rings. The highest BCUT2D eigenvalue weighted by molar-refractivity contribution is 9.10. The first-order valence-corrected chi connectivity index (χ1v) is 22.7. The second kappa shape index (κ2) is 20.9. The summed E-state index contributed by atoms with van der Waals surface area (Å²) in [5.41, 5.74) is 15.3. The highest BCUT2D eigenvalue weighted by Crippen LogP contribution is 2.52. The first-order chi connectivity index (χ1) is 35.0. The molecule has 2 spiro atoms. The summed E-state index contributed by atoms with van der Waals surface area (Å²) in [5.74, 6) is 0.852. The van der Waals surface area contributed by atoms with Gasteiger partial charge in [0.2, 0.25) is 23.4 Å². The van der Waals surface area contributed by atoms with Gasteiger partial charge in [-0.25, -0.2) is 39.5 Å². The van der Waals surface area contributed by atoms with Gasteiger partial charge in [0, 0.05) is 31.4 Å². The van der Waals surface area contributed by atoms with Crippen molar-refractivity contribution >= 4 is 51.8 Å². The highest BCUT2D eigenvalue weighted by Gasteiger charge is 2.50. The number of benzene rings is 6. The molecule has 0 bridgehead atoms. The number of rotatable bonds is 6. The number of fused-ring (bicyclic) bond motifs is 4. The van der Waals surface area contributed by atoms with Gasteiger partial charge >= 0.3 is 19.8 Å². The predicted octanol–water partition coefficient (Wildman–Crippen LogP) is 9.80. The minimum absolute atomic E-state index is 0.186. The van der Waals surface area contributed by atoms with Gasteiger partial charge in [0.15, 0.2) is 11.4 Å². The van der Waals surface area contributed by atoms with Gasteiger partial charge in [0.1, 0.15) is 35.2 Å². The van der Waals surface area contributed by atoms with Crippen molar-refractivity contribution in [1.82, 2.24) is 10.1 Å². The number of alkyl halides is 6. The number of hydroxylamine groups is 4. The molecular weight excluding hydrogens is 1050 g/mol. The number of ether oxygens (including phenoxy) is 4. The van der Waals surface area contributed by atoms with Crippen LogP contribution in [0.15, 0.2) is 148 Å². The lowest BCUT2D eigenvalue weighted by atomic mass is 9.80. The monoisotopic (exact) mass is 1080 g/mol. The van der Waals surface area contributed by atoms with Crippen molar-refractivity contribution in [2.75, 3.05) is 14.1 Å². The number of halogens is 7. The van der Waals surface area contributed by atoms with Gasteiger partial charge in [-0.15, -0.1) is 26.3 Å². The third kappa shape index (κ3) is 11.9. The first-order valence-electron chi connectivity index (χ1n) is 21.9. The van der Waals surface area contributed by atoms with E-state index >= 15 is 0 Å². The molecule has 0 aliphatic carbocycles. The molecule has 6 aromatic carbocycles.